The van der Waals surface area contributed by atoms with Gasteiger partial charge in [-0.3, -0.25) is 9.89 Å². The average molecular weight is 354 g/mol. The number of nitrogens with one attached hydrogen (secondary N) is 1. The number of H-pyrrole nitrogens is 1. The minimum absolute atomic E-state index is 0.158. The van der Waals surface area contributed by atoms with Crippen LogP contribution in [0, 0.1) is 0 Å². The molecule has 0 aromatic carbocycles. The van der Waals surface area contributed by atoms with Crippen LogP contribution in [0.1, 0.15) is 0 Å². The van der Waals surface area contributed by atoms with Crippen LogP contribution in [0.3, 0.4) is 0 Å². The van der Waals surface area contributed by atoms with E-state index in [2.05, 4.69) is 47.2 Å². The van der Waals surface area contributed by atoms with Crippen molar-refractivity contribution in [3.05, 3.63) is 36.7 Å². The second-order valence-corrected chi connectivity index (χ2v) is 4.63. The van der Waals surface area contributed by atoms with Gasteiger partial charge in [-0.25, -0.2) is 4.68 Å². The summed E-state index contributed by atoms with van der Waals surface area (Å²) in [6.45, 7) is 0. The number of aromatic nitrogens is 4. The number of aromatic amines is 1. The average Bonchev–Trinajstić information content (AvgIpc) is 2.46. The maximum Gasteiger partial charge on any atom is 0.227 e. The molecule has 15 heavy (non-hydrogen) atoms. The van der Waals surface area contributed by atoms with Crippen LogP contribution >= 0.6 is 43.5 Å². The van der Waals surface area contributed by atoms with Gasteiger partial charge in [-0.2, -0.15) is 10.2 Å². The van der Waals surface area contributed by atoms with Crippen molar-refractivity contribution >= 4 is 43.5 Å². The SMILES string of the molecule is O=c1cc(Cl)[nH]nc1-n1cc(Br)c(Br)n1. The van der Waals surface area contributed by atoms with Crippen molar-refractivity contribution in [1.29, 1.82) is 0 Å². The van der Waals surface area contributed by atoms with Crippen LogP contribution in [0.5, 0.6) is 0 Å². The van der Waals surface area contributed by atoms with Crippen molar-refractivity contribution in [1.82, 2.24) is 20.0 Å². The van der Waals surface area contributed by atoms with Crippen LogP contribution in [0.2, 0.25) is 5.15 Å². The molecule has 0 saturated heterocycles. The summed E-state index contributed by atoms with van der Waals surface area (Å²) >= 11 is 12.0. The van der Waals surface area contributed by atoms with Gasteiger partial charge in [0.15, 0.2) is 0 Å². The van der Waals surface area contributed by atoms with Crippen LogP contribution in [0.15, 0.2) is 26.1 Å². The van der Waals surface area contributed by atoms with E-state index < -0.39 is 0 Å². The van der Waals surface area contributed by atoms with Crippen molar-refractivity contribution in [3.63, 3.8) is 0 Å². The molecule has 0 atom stereocenters. The third-order valence-corrected chi connectivity index (χ3v) is 3.48. The molecule has 78 valence electrons. The van der Waals surface area contributed by atoms with Gasteiger partial charge in [-0.15, -0.1) is 0 Å². The molecule has 0 fully saturated rings. The Morgan fingerprint density at radius 3 is 2.73 bits per heavy atom. The molecule has 8 heteroatoms. The third kappa shape index (κ3) is 2.14. The highest BCUT2D eigenvalue weighted by Gasteiger charge is 2.09. The molecule has 0 bridgehead atoms. The van der Waals surface area contributed by atoms with Crippen LogP contribution in [0.4, 0.5) is 0 Å². The van der Waals surface area contributed by atoms with Crippen LogP contribution < -0.4 is 5.43 Å². The van der Waals surface area contributed by atoms with Gasteiger partial charge >= 0.3 is 0 Å². The first-order chi connectivity index (χ1) is 7.08. The first-order valence-corrected chi connectivity index (χ1v) is 5.70. The fourth-order valence-electron chi connectivity index (χ4n) is 0.978. The summed E-state index contributed by atoms with van der Waals surface area (Å²) in [6, 6.07) is 1.24. The lowest BCUT2D eigenvalue weighted by atomic mass is 10.5. The summed E-state index contributed by atoms with van der Waals surface area (Å²) in [5.74, 6) is 0.158. The van der Waals surface area contributed by atoms with E-state index in [1.807, 2.05) is 0 Å². The minimum Gasteiger partial charge on any atom is -0.286 e. The molecule has 0 aliphatic carbocycles. The van der Waals surface area contributed by atoms with Gasteiger partial charge in [0.05, 0.1) is 4.47 Å². The fraction of sp³-hybridized carbons (Fsp3) is 0. The molecule has 2 rings (SSSR count). The first kappa shape index (κ1) is 10.8. The Morgan fingerprint density at radius 1 is 1.47 bits per heavy atom. The fourth-order valence-corrected chi connectivity index (χ4v) is 1.67. The van der Waals surface area contributed by atoms with Crippen LogP contribution in [-0.4, -0.2) is 20.0 Å². The normalized spacial score (nSPS) is 10.6. The molecule has 0 aliphatic rings. The quantitative estimate of drug-likeness (QED) is 0.853. The highest BCUT2D eigenvalue weighted by molar-refractivity contribution is 9.13. The van der Waals surface area contributed by atoms with Crippen LogP contribution in [0.25, 0.3) is 5.82 Å². The Labute approximate surface area is 106 Å². The van der Waals surface area contributed by atoms with Gasteiger partial charge in [0.25, 0.3) is 0 Å². The highest BCUT2D eigenvalue weighted by atomic mass is 79.9. The van der Waals surface area contributed by atoms with E-state index in [-0.39, 0.29) is 16.4 Å². The predicted octanol–water partition coefficient (Wildman–Crippen LogP) is 2.13. The highest BCUT2D eigenvalue weighted by Crippen LogP contribution is 2.21. The lowest BCUT2D eigenvalue weighted by Crippen LogP contribution is -2.14. The molecular formula is C7H3Br2ClN4O. The Hall–Kier alpha value is -0.660. The zero-order valence-electron chi connectivity index (χ0n) is 7.04. The van der Waals surface area contributed by atoms with E-state index in [1.54, 1.807) is 6.20 Å². The van der Waals surface area contributed by atoms with Crippen LogP contribution in [-0.2, 0) is 0 Å². The van der Waals surface area contributed by atoms with E-state index >= 15 is 0 Å². The summed E-state index contributed by atoms with van der Waals surface area (Å²) in [4.78, 5) is 11.5. The van der Waals surface area contributed by atoms with E-state index in [9.17, 15) is 4.79 Å². The van der Waals surface area contributed by atoms with Crippen molar-refractivity contribution < 1.29 is 0 Å². The molecule has 0 radical (unpaired) electrons. The summed E-state index contributed by atoms with van der Waals surface area (Å²) in [6.07, 6.45) is 1.62. The Bertz CT molecular complexity index is 545. The molecule has 2 heterocycles. The summed E-state index contributed by atoms with van der Waals surface area (Å²) < 4.78 is 2.68. The van der Waals surface area contributed by atoms with Crippen molar-refractivity contribution in [3.8, 4) is 5.82 Å². The first-order valence-electron chi connectivity index (χ1n) is 3.74. The maximum atomic E-state index is 11.5. The number of hydrogen-bond donors (Lipinski definition) is 1. The predicted molar refractivity (Wildman–Crippen MR) is 62.4 cm³/mol. The molecule has 0 unspecified atom stereocenters. The van der Waals surface area contributed by atoms with Gasteiger partial charge in [-0.1, -0.05) is 11.6 Å². The Morgan fingerprint density at radius 2 is 2.20 bits per heavy atom. The van der Waals surface area contributed by atoms with Crippen molar-refractivity contribution in [2.24, 2.45) is 0 Å². The summed E-state index contributed by atoms with van der Waals surface area (Å²) in [5, 5.41) is 10.5. The minimum atomic E-state index is -0.304. The zero-order chi connectivity index (χ0) is 11.0. The topological polar surface area (TPSA) is 63.6 Å². The van der Waals surface area contributed by atoms with Gasteiger partial charge in [-0.05, 0) is 31.9 Å². The summed E-state index contributed by atoms with van der Waals surface area (Å²) in [7, 11) is 0. The molecule has 0 amide bonds. The number of hydrogen-bond acceptors (Lipinski definition) is 3. The van der Waals surface area contributed by atoms with E-state index in [4.69, 9.17) is 11.6 Å². The number of halogens is 3. The Kier molecular flexibility index (Phi) is 2.94. The zero-order valence-corrected chi connectivity index (χ0v) is 11.0. The van der Waals surface area contributed by atoms with Gasteiger partial charge < -0.3 is 0 Å². The third-order valence-electron chi connectivity index (χ3n) is 1.59. The smallest absolute Gasteiger partial charge is 0.227 e. The molecule has 5 nitrogen and oxygen atoms in total. The largest absolute Gasteiger partial charge is 0.286 e. The van der Waals surface area contributed by atoms with E-state index in [1.165, 1.54) is 10.7 Å². The van der Waals surface area contributed by atoms with Crippen molar-refractivity contribution in [2.75, 3.05) is 0 Å². The second kappa shape index (κ2) is 4.07. The van der Waals surface area contributed by atoms with Gasteiger partial charge in [0.1, 0.15) is 9.76 Å². The second-order valence-electron chi connectivity index (χ2n) is 2.62. The molecular weight excluding hydrogens is 351 g/mol. The molecule has 0 aliphatic heterocycles. The standard InChI is InChI=1S/C7H3Br2ClN4O/c8-3-2-14(13-6(3)9)7-4(15)1-5(10)11-12-7/h1-2H,(H,11,15). The van der Waals surface area contributed by atoms with Crippen molar-refractivity contribution in [2.45, 2.75) is 0 Å². The lowest BCUT2D eigenvalue weighted by molar-refractivity contribution is 0.799. The van der Waals surface area contributed by atoms with Gasteiger partial charge in [0, 0.05) is 12.3 Å². The molecule has 0 spiro atoms. The monoisotopic (exact) mass is 352 g/mol. The number of nitrogens with zero attached hydrogens (tertiary/aromatic N) is 3. The number of rotatable bonds is 1. The Balaban J connectivity index is 2.59. The van der Waals surface area contributed by atoms with E-state index in [0.29, 0.717) is 4.60 Å². The molecule has 2 aromatic heterocycles. The van der Waals surface area contributed by atoms with E-state index in [0.717, 1.165) is 4.47 Å². The summed E-state index contributed by atoms with van der Waals surface area (Å²) in [5.41, 5.74) is -0.304. The molecule has 1 N–H and O–H groups in total. The molecule has 0 saturated carbocycles. The lowest BCUT2D eigenvalue weighted by Gasteiger charge is -1.97. The van der Waals surface area contributed by atoms with Gasteiger partial charge in [0.2, 0.25) is 11.2 Å². The molecule has 2 aromatic rings. The maximum absolute atomic E-state index is 11.5.